The molecule has 0 aliphatic carbocycles. The Bertz CT molecular complexity index is 543. The topological polar surface area (TPSA) is 43.1 Å². The maximum Gasteiger partial charge on any atom is 0.248 e. The van der Waals surface area contributed by atoms with E-state index in [4.69, 9.17) is 5.73 Å². The maximum absolute atomic E-state index is 11.1. The van der Waals surface area contributed by atoms with Crippen LogP contribution < -0.4 is 5.73 Å². The number of primary amides is 1. The molecule has 2 nitrogen and oxygen atoms in total. The Balaban J connectivity index is 2.30. The molecule has 2 heteroatoms. The minimum absolute atomic E-state index is 0.389. The Labute approximate surface area is 107 Å². The van der Waals surface area contributed by atoms with Crippen molar-refractivity contribution in [2.75, 3.05) is 0 Å². The molecule has 0 radical (unpaired) electrons. The molecule has 92 valence electrons. The molecule has 0 heterocycles. The van der Waals surface area contributed by atoms with E-state index in [9.17, 15) is 4.79 Å². The van der Waals surface area contributed by atoms with Crippen LogP contribution in [0.25, 0.3) is 11.1 Å². The number of hydrogen-bond acceptors (Lipinski definition) is 1. The van der Waals surface area contributed by atoms with Crippen LogP contribution in [0.1, 0.15) is 29.3 Å². The lowest BCUT2D eigenvalue weighted by atomic mass is 10.0. The summed E-state index contributed by atoms with van der Waals surface area (Å²) < 4.78 is 0. The van der Waals surface area contributed by atoms with Crippen LogP contribution in [0.3, 0.4) is 0 Å². The molecular formula is C16H17NO. The van der Waals surface area contributed by atoms with Crippen LogP contribution in [-0.4, -0.2) is 5.91 Å². The molecule has 0 fully saturated rings. The third kappa shape index (κ3) is 2.77. The van der Waals surface area contributed by atoms with Crippen molar-refractivity contribution in [1.82, 2.24) is 0 Å². The molecule has 1 amide bonds. The summed E-state index contributed by atoms with van der Waals surface area (Å²) in [5, 5.41) is 0. The van der Waals surface area contributed by atoms with E-state index < -0.39 is 0 Å². The van der Waals surface area contributed by atoms with E-state index in [0.29, 0.717) is 5.56 Å². The van der Waals surface area contributed by atoms with Crippen LogP contribution in [0, 0.1) is 0 Å². The average molecular weight is 239 g/mol. The summed E-state index contributed by atoms with van der Waals surface area (Å²) in [5.41, 5.74) is 9.30. The molecule has 0 aliphatic rings. The van der Waals surface area contributed by atoms with E-state index in [1.54, 1.807) is 6.07 Å². The third-order valence-corrected chi connectivity index (χ3v) is 2.97. The SMILES string of the molecule is CCCc1ccc(-c2cccc(C(N)=O)c2)cc1. The zero-order valence-corrected chi connectivity index (χ0v) is 10.5. The van der Waals surface area contributed by atoms with Crippen LogP contribution in [0.4, 0.5) is 0 Å². The van der Waals surface area contributed by atoms with Gasteiger partial charge in [-0.05, 0) is 35.2 Å². The number of carbonyl (C=O) groups excluding carboxylic acids is 1. The maximum atomic E-state index is 11.1. The molecular weight excluding hydrogens is 222 g/mol. The van der Waals surface area contributed by atoms with Gasteiger partial charge in [-0.2, -0.15) is 0 Å². The normalized spacial score (nSPS) is 10.3. The lowest BCUT2D eigenvalue weighted by Gasteiger charge is -2.05. The van der Waals surface area contributed by atoms with Gasteiger partial charge in [-0.15, -0.1) is 0 Å². The summed E-state index contributed by atoms with van der Waals surface area (Å²) in [7, 11) is 0. The van der Waals surface area contributed by atoms with Gasteiger partial charge in [0.2, 0.25) is 5.91 Å². The zero-order valence-electron chi connectivity index (χ0n) is 10.5. The smallest absolute Gasteiger partial charge is 0.248 e. The van der Waals surface area contributed by atoms with Gasteiger partial charge in [-0.25, -0.2) is 0 Å². The van der Waals surface area contributed by atoms with Crippen molar-refractivity contribution in [3.05, 3.63) is 59.7 Å². The minimum atomic E-state index is -0.389. The number of hydrogen-bond donors (Lipinski definition) is 1. The molecule has 0 bridgehead atoms. The fraction of sp³-hybridized carbons (Fsp3) is 0.188. The van der Waals surface area contributed by atoms with Crippen LogP contribution in [0.2, 0.25) is 0 Å². The molecule has 18 heavy (non-hydrogen) atoms. The molecule has 2 aromatic rings. The fourth-order valence-corrected chi connectivity index (χ4v) is 2.00. The second-order valence-corrected chi connectivity index (χ2v) is 4.39. The van der Waals surface area contributed by atoms with Crippen molar-refractivity contribution in [1.29, 1.82) is 0 Å². The minimum Gasteiger partial charge on any atom is -0.366 e. The largest absolute Gasteiger partial charge is 0.366 e. The monoisotopic (exact) mass is 239 g/mol. The molecule has 0 saturated carbocycles. The molecule has 2 aromatic carbocycles. The van der Waals surface area contributed by atoms with E-state index in [-0.39, 0.29) is 5.91 Å². The first kappa shape index (κ1) is 12.4. The van der Waals surface area contributed by atoms with Crippen LogP contribution in [0.5, 0.6) is 0 Å². The summed E-state index contributed by atoms with van der Waals surface area (Å²) in [6, 6.07) is 15.9. The van der Waals surface area contributed by atoms with Crippen LogP contribution in [-0.2, 0) is 6.42 Å². The van der Waals surface area contributed by atoms with Crippen molar-refractivity contribution >= 4 is 5.91 Å². The Morgan fingerprint density at radius 2 is 1.78 bits per heavy atom. The predicted molar refractivity (Wildman–Crippen MR) is 74.4 cm³/mol. The first-order valence-electron chi connectivity index (χ1n) is 6.20. The van der Waals surface area contributed by atoms with Gasteiger partial charge >= 0.3 is 0 Å². The molecule has 0 aliphatic heterocycles. The Morgan fingerprint density at radius 3 is 2.39 bits per heavy atom. The summed E-state index contributed by atoms with van der Waals surface area (Å²) in [4.78, 5) is 11.1. The van der Waals surface area contributed by atoms with Gasteiger partial charge in [0.1, 0.15) is 0 Å². The van der Waals surface area contributed by atoms with Gasteiger partial charge in [-0.1, -0.05) is 49.7 Å². The van der Waals surface area contributed by atoms with E-state index in [1.807, 2.05) is 18.2 Å². The van der Waals surface area contributed by atoms with E-state index in [0.717, 1.165) is 24.0 Å². The van der Waals surface area contributed by atoms with Gasteiger partial charge in [0, 0.05) is 5.56 Å². The first-order valence-corrected chi connectivity index (χ1v) is 6.20. The number of benzene rings is 2. The Hall–Kier alpha value is -2.09. The van der Waals surface area contributed by atoms with E-state index in [2.05, 4.69) is 31.2 Å². The number of amides is 1. The molecule has 2 N–H and O–H groups in total. The highest BCUT2D eigenvalue weighted by Gasteiger charge is 2.03. The Morgan fingerprint density at radius 1 is 1.06 bits per heavy atom. The molecule has 0 spiro atoms. The van der Waals surface area contributed by atoms with Crippen molar-refractivity contribution in [2.24, 2.45) is 5.73 Å². The average Bonchev–Trinajstić information content (AvgIpc) is 2.40. The third-order valence-electron chi connectivity index (χ3n) is 2.97. The number of aryl methyl sites for hydroxylation is 1. The van der Waals surface area contributed by atoms with Crippen LogP contribution in [0.15, 0.2) is 48.5 Å². The molecule has 0 atom stereocenters. The predicted octanol–water partition coefficient (Wildman–Crippen LogP) is 3.41. The Kier molecular flexibility index (Phi) is 3.78. The summed E-state index contributed by atoms with van der Waals surface area (Å²) >= 11 is 0. The zero-order chi connectivity index (χ0) is 13.0. The van der Waals surface area contributed by atoms with Gasteiger partial charge in [0.05, 0.1) is 0 Å². The quantitative estimate of drug-likeness (QED) is 0.873. The first-order chi connectivity index (χ1) is 8.70. The molecule has 2 rings (SSSR count). The lowest BCUT2D eigenvalue weighted by molar-refractivity contribution is 0.100. The molecule has 0 saturated heterocycles. The second kappa shape index (κ2) is 5.50. The highest BCUT2D eigenvalue weighted by molar-refractivity contribution is 5.94. The lowest BCUT2D eigenvalue weighted by Crippen LogP contribution is -2.10. The summed E-state index contributed by atoms with van der Waals surface area (Å²) in [6.45, 7) is 2.17. The second-order valence-electron chi connectivity index (χ2n) is 4.39. The van der Waals surface area contributed by atoms with Gasteiger partial charge in [-0.3, -0.25) is 4.79 Å². The highest BCUT2D eigenvalue weighted by atomic mass is 16.1. The van der Waals surface area contributed by atoms with E-state index in [1.165, 1.54) is 5.56 Å². The summed E-state index contributed by atoms with van der Waals surface area (Å²) in [5.74, 6) is -0.389. The molecule has 0 aromatic heterocycles. The van der Waals surface area contributed by atoms with Gasteiger partial charge < -0.3 is 5.73 Å². The standard InChI is InChI=1S/C16H17NO/c1-2-4-12-7-9-13(10-8-12)14-5-3-6-15(11-14)16(17)18/h3,5-11H,2,4H2,1H3,(H2,17,18). The number of nitrogens with two attached hydrogens (primary N) is 1. The van der Waals surface area contributed by atoms with Crippen molar-refractivity contribution in [3.8, 4) is 11.1 Å². The van der Waals surface area contributed by atoms with Crippen molar-refractivity contribution in [3.63, 3.8) is 0 Å². The summed E-state index contributed by atoms with van der Waals surface area (Å²) in [6.07, 6.45) is 2.25. The van der Waals surface area contributed by atoms with Crippen molar-refractivity contribution in [2.45, 2.75) is 19.8 Å². The van der Waals surface area contributed by atoms with Crippen LogP contribution >= 0.6 is 0 Å². The number of rotatable bonds is 4. The van der Waals surface area contributed by atoms with E-state index >= 15 is 0 Å². The number of carbonyl (C=O) groups is 1. The van der Waals surface area contributed by atoms with Crippen molar-refractivity contribution < 1.29 is 4.79 Å². The molecule has 0 unspecified atom stereocenters. The van der Waals surface area contributed by atoms with Gasteiger partial charge in [0.25, 0.3) is 0 Å². The highest BCUT2D eigenvalue weighted by Crippen LogP contribution is 2.21. The fourth-order valence-electron chi connectivity index (χ4n) is 2.00. The van der Waals surface area contributed by atoms with Gasteiger partial charge in [0.15, 0.2) is 0 Å².